The van der Waals surface area contributed by atoms with Crippen molar-refractivity contribution in [2.24, 2.45) is 0 Å². The Balaban J connectivity index is 1.82. The number of hydrogen-bond donors (Lipinski definition) is 2. The highest BCUT2D eigenvalue weighted by molar-refractivity contribution is 5.95. The van der Waals surface area contributed by atoms with E-state index in [2.05, 4.69) is 15.6 Å². The molecule has 6 nitrogen and oxygen atoms in total. The molecule has 27 heavy (non-hydrogen) atoms. The minimum absolute atomic E-state index is 0.134. The lowest BCUT2D eigenvalue weighted by molar-refractivity contribution is 0.0962. The van der Waals surface area contributed by atoms with Gasteiger partial charge in [0.15, 0.2) is 17.2 Å². The summed E-state index contributed by atoms with van der Waals surface area (Å²) >= 11 is 0. The van der Waals surface area contributed by atoms with Gasteiger partial charge in [-0.05, 0) is 26.0 Å². The molecule has 1 amide bonds. The molecule has 4 rings (SSSR count). The maximum absolute atomic E-state index is 14.1. The van der Waals surface area contributed by atoms with Crippen LogP contribution in [-0.4, -0.2) is 28.9 Å². The fourth-order valence-corrected chi connectivity index (χ4v) is 3.47. The predicted molar refractivity (Wildman–Crippen MR) is 101 cm³/mol. The van der Waals surface area contributed by atoms with Crippen LogP contribution in [0.25, 0.3) is 5.65 Å². The lowest BCUT2D eigenvalue weighted by Crippen LogP contribution is -2.22. The number of carbonyl (C=O) groups excluding carboxylic acids is 1. The Morgan fingerprint density at radius 1 is 1.37 bits per heavy atom. The molecular weight excluding hydrogens is 347 g/mol. The number of amides is 1. The molecule has 0 aliphatic carbocycles. The number of para-hydroxylation sites is 1. The number of imidazole rings is 1. The van der Waals surface area contributed by atoms with Crippen LogP contribution in [0, 0.1) is 19.7 Å². The summed E-state index contributed by atoms with van der Waals surface area (Å²) in [6, 6.07) is 6.58. The maximum atomic E-state index is 14.1. The first-order valence-electron chi connectivity index (χ1n) is 8.88. The Morgan fingerprint density at radius 3 is 2.96 bits per heavy atom. The van der Waals surface area contributed by atoms with Gasteiger partial charge in [0.05, 0.1) is 29.6 Å². The first-order valence-corrected chi connectivity index (χ1v) is 8.88. The minimum atomic E-state index is -0.365. The monoisotopic (exact) mass is 368 g/mol. The summed E-state index contributed by atoms with van der Waals surface area (Å²) in [4.78, 5) is 16.9. The van der Waals surface area contributed by atoms with Crippen molar-refractivity contribution >= 4 is 17.2 Å². The zero-order valence-corrected chi connectivity index (χ0v) is 15.5. The number of rotatable bonds is 3. The lowest BCUT2D eigenvalue weighted by Gasteiger charge is -2.28. The summed E-state index contributed by atoms with van der Waals surface area (Å²) < 4.78 is 21.5. The number of nitrogens with one attached hydrogen (secondary N) is 2. The number of hydrogen-bond acceptors (Lipinski definition) is 4. The maximum Gasteiger partial charge on any atom is 0.252 e. The second-order valence-electron chi connectivity index (χ2n) is 6.69. The van der Waals surface area contributed by atoms with Gasteiger partial charge in [0, 0.05) is 30.9 Å². The van der Waals surface area contributed by atoms with Gasteiger partial charge in [0.25, 0.3) is 5.91 Å². The van der Waals surface area contributed by atoms with Crippen molar-refractivity contribution < 1.29 is 13.9 Å². The van der Waals surface area contributed by atoms with E-state index in [0.29, 0.717) is 18.6 Å². The summed E-state index contributed by atoms with van der Waals surface area (Å²) in [5.41, 5.74) is 4.63. The largest absolute Gasteiger partial charge is 0.490 e. The summed E-state index contributed by atoms with van der Waals surface area (Å²) in [5.74, 6) is -0.254. The first kappa shape index (κ1) is 17.3. The van der Waals surface area contributed by atoms with Crippen molar-refractivity contribution in [2.75, 3.05) is 19.0 Å². The fraction of sp³-hybridized carbons (Fsp3) is 0.300. The van der Waals surface area contributed by atoms with Crippen LogP contribution in [0.1, 0.15) is 39.8 Å². The minimum Gasteiger partial charge on any atom is -0.490 e. The van der Waals surface area contributed by atoms with Gasteiger partial charge in [-0.15, -0.1) is 0 Å². The van der Waals surface area contributed by atoms with E-state index >= 15 is 0 Å². The predicted octanol–water partition coefficient (Wildman–Crippen LogP) is 3.39. The van der Waals surface area contributed by atoms with E-state index in [0.717, 1.165) is 28.3 Å². The second-order valence-corrected chi connectivity index (χ2v) is 6.69. The Hall–Kier alpha value is -3.09. The molecular formula is C20H21FN4O2. The normalized spacial score (nSPS) is 15.9. The van der Waals surface area contributed by atoms with E-state index in [1.165, 1.54) is 6.07 Å². The highest BCUT2D eigenvalue weighted by atomic mass is 19.1. The van der Waals surface area contributed by atoms with Crippen molar-refractivity contribution in [1.82, 2.24) is 14.7 Å². The molecule has 1 aliphatic heterocycles. The summed E-state index contributed by atoms with van der Waals surface area (Å²) in [7, 11) is 1.60. The van der Waals surface area contributed by atoms with Crippen LogP contribution in [0.2, 0.25) is 0 Å². The highest BCUT2D eigenvalue weighted by Gasteiger charge is 2.25. The number of halogens is 1. The van der Waals surface area contributed by atoms with Crippen molar-refractivity contribution in [3.05, 3.63) is 58.8 Å². The van der Waals surface area contributed by atoms with Gasteiger partial charge in [-0.3, -0.25) is 4.79 Å². The van der Waals surface area contributed by atoms with Crippen LogP contribution in [0.5, 0.6) is 5.75 Å². The molecule has 2 N–H and O–H groups in total. The van der Waals surface area contributed by atoms with Crippen LogP contribution in [-0.2, 0) is 0 Å². The van der Waals surface area contributed by atoms with Gasteiger partial charge in [-0.2, -0.15) is 0 Å². The average molecular weight is 368 g/mol. The number of pyridine rings is 1. The molecule has 7 heteroatoms. The van der Waals surface area contributed by atoms with Gasteiger partial charge in [0.1, 0.15) is 0 Å². The van der Waals surface area contributed by atoms with Crippen LogP contribution < -0.4 is 15.4 Å². The SMILES string of the molecule is CNC(=O)c1cc(NC2CCOc3c(F)cccc32)c2nc(C)c(C)n2c1. The quantitative estimate of drug-likeness (QED) is 0.744. The number of benzene rings is 1. The summed E-state index contributed by atoms with van der Waals surface area (Å²) in [6.07, 6.45) is 2.47. The van der Waals surface area contributed by atoms with Gasteiger partial charge < -0.3 is 19.8 Å². The smallest absolute Gasteiger partial charge is 0.252 e. The van der Waals surface area contributed by atoms with Crippen LogP contribution >= 0.6 is 0 Å². The molecule has 0 radical (unpaired) electrons. The molecule has 3 heterocycles. The number of aromatic nitrogens is 2. The summed E-state index contributed by atoms with van der Waals surface area (Å²) in [6.45, 7) is 4.32. The molecule has 0 saturated carbocycles. The second kappa shape index (κ2) is 6.57. The van der Waals surface area contributed by atoms with Gasteiger partial charge >= 0.3 is 0 Å². The number of nitrogens with zero attached hydrogens (tertiary/aromatic N) is 2. The van der Waals surface area contributed by atoms with Crippen molar-refractivity contribution in [3.8, 4) is 5.75 Å². The molecule has 1 unspecified atom stereocenters. The first-order chi connectivity index (χ1) is 13.0. The molecule has 2 aromatic heterocycles. The van der Waals surface area contributed by atoms with E-state index < -0.39 is 0 Å². The number of aryl methyl sites for hydroxylation is 2. The zero-order valence-electron chi connectivity index (χ0n) is 15.5. The summed E-state index contributed by atoms with van der Waals surface area (Å²) in [5, 5.41) is 6.11. The Kier molecular flexibility index (Phi) is 4.22. The third-order valence-electron chi connectivity index (χ3n) is 5.04. The third-order valence-corrected chi connectivity index (χ3v) is 5.04. The van der Waals surface area contributed by atoms with Crippen molar-refractivity contribution in [3.63, 3.8) is 0 Å². The number of ether oxygens (including phenoxy) is 1. The van der Waals surface area contributed by atoms with Crippen LogP contribution in [0.3, 0.4) is 0 Å². The number of fused-ring (bicyclic) bond motifs is 2. The van der Waals surface area contributed by atoms with Gasteiger partial charge in [-0.25, -0.2) is 9.37 Å². The Morgan fingerprint density at radius 2 is 2.19 bits per heavy atom. The van der Waals surface area contributed by atoms with Crippen molar-refractivity contribution in [1.29, 1.82) is 0 Å². The number of anilines is 1. The third kappa shape index (κ3) is 2.89. The van der Waals surface area contributed by atoms with E-state index in [1.54, 1.807) is 25.4 Å². The number of carbonyl (C=O) groups is 1. The topological polar surface area (TPSA) is 67.7 Å². The molecule has 0 saturated heterocycles. The average Bonchev–Trinajstić information content (AvgIpc) is 2.96. The van der Waals surface area contributed by atoms with E-state index in [4.69, 9.17) is 4.74 Å². The lowest BCUT2D eigenvalue weighted by atomic mass is 10.00. The standard InChI is InChI=1S/C20H21FN4O2/c1-11-12(2)25-10-13(20(26)22-3)9-17(19(25)23-11)24-16-7-8-27-18-14(16)5-4-6-15(18)21/h4-6,9-10,16,24H,7-8H2,1-3H3,(H,22,26). The Labute approximate surface area is 156 Å². The van der Waals surface area contributed by atoms with Gasteiger partial charge in [0.2, 0.25) is 0 Å². The molecule has 0 spiro atoms. The van der Waals surface area contributed by atoms with E-state index in [9.17, 15) is 9.18 Å². The fourth-order valence-electron chi connectivity index (χ4n) is 3.47. The van der Waals surface area contributed by atoms with E-state index in [1.807, 2.05) is 24.3 Å². The molecule has 1 aliphatic rings. The molecule has 0 fully saturated rings. The molecule has 1 aromatic carbocycles. The van der Waals surface area contributed by atoms with Crippen LogP contribution in [0.4, 0.5) is 10.1 Å². The molecule has 0 bridgehead atoms. The van der Waals surface area contributed by atoms with E-state index in [-0.39, 0.29) is 23.5 Å². The zero-order chi connectivity index (χ0) is 19.1. The van der Waals surface area contributed by atoms with Crippen molar-refractivity contribution in [2.45, 2.75) is 26.3 Å². The highest BCUT2D eigenvalue weighted by Crippen LogP contribution is 2.37. The molecule has 3 aromatic rings. The van der Waals surface area contributed by atoms with Crippen LogP contribution in [0.15, 0.2) is 30.5 Å². The van der Waals surface area contributed by atoms with Gasteiger partial charge in [-0.1, -0.05) is 12.1 Å². The Bertz CT molecular complexity index is 1040. The molecule has 140 valence electrons. The molecule has 1 atom stereocenters.